The van der Waals surface area contributed by atoms with Crippen molar-refractivity contribution >= 4 is 11.8 Å². The highest BCUT2D eigenvalue weighted by Gasteiger charge is 2.25. The van der Waals surface area contributed by atoms with Gasteiger partial charge in [-0.25, -0.2) is 0 Å². The van der Waals surface area contributed by atoms with Crippen molar-refractivity contribution < 1.29 is 9.59 Å². The lowest BCUT2D eigenvalue weighted by Gasteiger charge is -2.14. The molecule has 0 aromatic rings. The molecular formula is C8H14N2O2. The fourth-order valence-corrected chi connectivity index (χ4v) is 1.43. The number of carbonyl (C=O) groups excluding carboxylic acids is 2. The molecule has 1 heterocycles. The van der Waals surface area contributed by atoms with E-state index in [1.807, 2.05) is 6.92 Å². The summed E-state index contributed by atoms with van der Waals surface area (Å²) in [5, 5.41) is 0. The van der Waals surface area contributed by atoms with Gasteiger partial charge in [-0.1, -0.05) is 6.92 Å². The Labute approximate surface area is 71.7 Å². The number of amides is 2. The summed E-state index contributed by atoms with van der Waals surface area (Å²) in [5.41, 5.74) is 4.97. The lowest BCUT2D eigenvalue weighted by atomic mass is 10.2. The fraction of sp³-hybridized carbons (Fsp3) is 0.750. The Morgan fingerprint density at radius 3 is 2.83 bits per heavy atom. The average molecular weight is 170 g/mol. The molecule has 1 atom stereocenters. The van der Waals surface area contributed by atoms with Crippen molar-refractivity contribution in [1.82, 2.24) is 4.90 Å². The summed E-state index contributed by atoms with van der Waals surface area (Å²) in [6.07, 6.45) is 0.886. The van der Waals surface area contributed by atoms with Crippen molar-refractivity contribution in [1.29, 1.82) is 0 Å². The minimum atomic E-state index is -0.345. The van der Waals surface area contributed by atoms with E-state index < -0.39 is 0 Å². The first-order valence-electron chi connectivity index (χ1n) is 4.15. The van der Waals surface area contributed by atoms with Crippen LogP contribution >= 0.6 is 0 Å². The van der Waals surface area contributed by atoms with Gasteiger partial charge in [0.25, 0.3) is 0 Å². The molecule has 1 aliphatic heterocycles. The zero-order chi connectivity index (χ0) is 9.14. The van der Waals surface area contributed by atoms with E-state index in [4.69, 9.17) is 5.73 Å². The normalized spacial score (nSPS) is 23.2. The molecule has 1 saturated heterocycles. The smallest absolute Gasteiger partial charge is 0.222 e. The van der Waals surface area contributed by atoms with Crippen LogP contribution in [-0.2, 0) is 9.59 Å². The molecule has 0 saturated carbocycles. The van der Waals surface area contributed by atoms with Gasteiger partial charge in [-0.2, -0.15) is 0 Å². The number of primary amides is 1. The Balaban J connectivity index is 2.33. The summed E-state index contributed by atoms with van der Waals surface area (Å²) in [6, 6.07) is 0. The van der Waals surface area contributed by atoms with Crippen LogP contribution in [0, 0.1) is 5.92 Å². The standard InChI is InChI=1S/C8H14N2O2/c1-6-4-8(12)10(5-6)3-2-7(9)11/h6H,2-5H2,1H3,(H2,9,11). The first-order valence-corrected chi connectivity index (χ1v) is 4.15. The highest BCUT2D eigenvalue weighted by Crippen LogP contribution is 2.16. The fourth-order valence-electron chi connectivity index (χ4n) is 1.43. The number of rotatable bonds is 3. The van der Waals surface area contributed by atoms with Crippen molar-refractivity contribution in [3.05, 3.63) is 0 Å². The molecule has 4 heteroatoms. The van der Waals surface area contributed by atoms with Gasteiger partial charge in [0.2, 0.25) is 11.8 Å². The minimum absolute atomic E-state index is 0.142. The van der Waals surface area contributed by atoms with E-state index in [2.05, 4.69) is 0 Å². The third-order valence-electron chi connectivity index (χ3n) is 2.04. The summed E-state index contributed by atoms with van der Waals surface area (Å²) in [5.74, 6) is 0.219. The van der Waals surface area contributed by atoms with Crippen LogP contribution in [0.25, 0.3) is 0 Å². The Bertz CT molecular complexity index is 203. The average Bonchev–Trinajstić information content (AvgIpc) is 2.26. The van der Waals surface area contributed by atoms with Gasteiger partial charge in [0, 0.05) is 25.9 Å². The van der Waals surface area contributed by atoms with E-state index >= 15 is 0 Å². The second kappa shape index (κ2) is 3.56. The third kappa shape index (κ3) is 2.22. The van der Waals surface area contributed by atoms with Gasteiger partial charge < -0.3 is 10.6 Å². The van der Waals surface area contributed by atoms with E-state index in [9.17, 15) is 9.59 Å². The lowest BCUT2D eigenvalue weighted by molar-refractivity contribution is -0.128. The molecule has 1 rings (SSSR count). The van der Waals surface area contributed by atoms with Gasteiger partial charge in [0.15, 0.2) is 0 Å². The Kier molecular flexibility index (Phi) is 2.68. The van der Waals surface area contributed by atoms with Crippen molar-refractivity contribution in [2.24, 2.45) is 11.7 Å². The Hall–Kier alpha value is -1.06. The van der Waals surface area contributed by atoms with Gasteiger partial charge in [-0.3, -0.25) is 9.59 Å². The molecule has 1 aliphatic rings. The van der Waals surface area contributed by atoms with E-state index in [0.29, 0.717) is 18.9 Å². The number of nitrogens with two attached hydrogens (primary N) is 1. The number of hydrogen-bond donors (Lipinski definition) is 1. The van der Waals surface area contributed by atoms with Gasteiger partial charge in [0.1, 0.15) is 0 Å². The van der Waals surface area contributed by atoms with Crippen LogP contribution in [0.1, 0.15) is 19.8 Å². The zero-order valence-electron chi connectivity index (χ0n) is 7.25. The van der Waals surface area contributed by atoms with Crippen molar-refractivity contribution in [3.63, 3.8) is 0 Å². The third-order valence-corrected chi connectivity index (χ3v) is 2.04. The Morgan fingerprint density at radius 1 is 1.75 bits per heavy atom. The number of likely N-dealkylation sites (tertiary alicyclic amines) is 1. The first kappa shape index (κ1) is 9.03. The molecule has 0 aromatic carbocycles. The van der Waals surface area contributed by atoms with Crippen molar-refractivity contribution in [2.75, 3.05) is 13.1 Å². The summed E-state index contributed by atoms with van der Waals surface area (Å²) in [7, 11) is 0. The van der Waals surface area contributed by atoms with Crippen LogP contribution in [0.3, 0.4) is 0 Å². The number of hydrogen-bond acceptors (Lipinski definition) is 2. The lowest BCUT2D eigenvalue weighted by Crippen LogP contribution is -2.29. The molecular weight excluding hydrogens is 156 g/mol. The molecule has 0 spiro atoms. The van der Waals surface area contributed by atoms with Crippen LogP contribution in [0.2, 0.25) is 0 Å². The quantitative estimate of drug-likeness (QED) is 0.633. The highest BCUT2D eigenvalue weighted by molar-refractivity contribution is 5.80. The minimum Gasteiger partial charge on any atom is -0.370 e. The topological polar surface area (TPSA) is 63.4 Å². The predicted octanol–water partition coefficient (Wildman–Crippen LogP) is -0.270. The monoisotopic (exact) mass is 170 g/mol. The maximum absolute atomic E-state index is 11.2. The van der Waals surface area contributed by atoms with Crippen LogP contribution in [-0.4, -0.2) is 29.8 Å². The summed E-state index contributed by atoms with van der Waals surface area (Å²) in [4.78, 5) is 23.3. The van der Waals surface area contributed by atoms with E-state index in [1.54, 1.807) is 4.90 Å². The second-order valence-electron chi connectivity index (χ2n) is 3.37. The molecule has 0 aromatic heterocycles. The molecule has 1 fully saturated rings. The molecule has 0 bridgehead atoms. The van der Waals surface area contributed by atoms with E-state index in [0.717, 1.165) is 6.54 Å². The van der Waals surface area contributed by atoms with E-state index in [-0.39, 0.29) is 18.2 Å². The SMILES string of the molecule is CC1CC(=O)N(CCC(N)=O)C1. The molecule has 68 valence electrons. The molecule has 2 amide bonds. The number of nitrogens with zero attached hydrogens (tertiary/aromatic N) is 1. The van der Waals surface area contributed by atoms with Gasteiger partial charge in [-0.15, -0.1) is 0 Å². The summed E-state index contributed by atoms with van der Waals surface area (Å²) in [6.45, 7) is 3.28. The molecule has 4 nitrogen and oxygen atoms in total. The van der Waals surface area contributed by atoms with Crippen LogP contribution in [0.15, 0.2) is 0 Å². The summed E-state index contributed by atoms with van der Waals surface area (Å²) < 4.78 is 0. The predicted molar refractivity (Wildman–Crippen MR) is 44.2 cm³/mol. The molecule has 0 radical (unpaired) electrons. The first-order chi connectivity index (χ1) is 5.59. The van der Waals surface area contributed by atoms with Gasteiger partial charge in [-0.05, 0) is 5.92 Å². The largest absolute Gasteiger partial charge is 0.370 e. The van der Waals surface area contributed by atoms with Crippen LogP contribution in [0.5, 0.6) is 0 Å². The van der Waals surface area contributed by atoms with E-state index in [1.165, 1.54) is 0 Å². The van der Waals surface area contributed by atoms with Crippen molar-refractivity contribution in [3.8, 4) is 0 Å². The number of carbonyl (C=O) groups is 2. The highest BCUT2D eigenvalue weighted by atomic mass is 16.2. The van der Waals surface area contributed by atoms with Gasteiger partial charge in [0.05, 0.1) is 0 Å². The molecule has 12 heavy (non-hydrogen) atoms. The summed E-state index contributed by atoms with van der Waals surface area (Å²) >= 11 is 0. The second-order valence-corrected chi connectivity index (χ2v) is 3.37. The van der Waals surface area contributed by atoms with Crippen LogP contribution < -0.4 is 5.73 Å². The van der Waals surface area contributed by atoms with Crippen molar-refractivity contribution in [2.45, 2.75) is 19.8 Å². The Morgan fingerprint density at radius 2 is 2.42 bits per heavy atom. The zero-order valence-corrected chi connectivity index (χ0v) is 7.25. The van der Waals surface area contributed by atoms with Gasteiger partial charge >= 0.3 is 0 Å². The molecule has 1 unspecified atom stereocenters. The maximum Gasteiger partial charge on any atom is 0.222 e. The molecule has 0 aliphatic carbocycles. The maximum atomic E-state index is 11.2. The molecule has 2 N–H and O–H groups in total. The van der Waals surface area contributed by atoms with Crippen LogP contribution in [0.4, 0.5) is 0 Å².